The maximum atomic E-state index is 12.1. The van der Waals surface area contributed by atoms with Crippen LogP contribution < -0.4 is 0 Å². The van der Waals surface area contributed by atoms with E-state index in [-0.39, 0.29) is 22.8 Å². The van der Waals surface area contributed by atoms with Gasteiger partial charge in [0.1, 0.15) is 6.04 Å². The predicted molar refractivity (Wildman–Crippen MR) is 93.4 cm³/mol. The first kappa shape index (κ1) is 15.8. The molecule has 3 rings (SSSR count). The normalized spacial score (nSPS) is 20.6. The number of amides is 1. The molecule has 0 aliphatic carbocycles. The van der Waals surface area contributed by atoms with Crippen LogP contribution in [0, 0.1) is 5.41 Å². The second kappa shape index (κ2) is 4.95. The summed E-state index contributed by atoms with van der Waals surface area (Å²) < 4.78 is 0. The molecule has 1 aromatic rings. The van der Waals surface area contributed by atoms with Crippen LogP contribution in [0.15, 0.2) is 33.8 Å². The molecule has 23 heavy (non-hydrogen) atoms. The van der Waals surface area contributed by atoms with E-state index in [1.54, 1.807) is 6.08 Å². The van der Waals surface area contributed by atoms with Gasteiger partial charge in [0.05, 0.1) is 11.4 Å². The van der Waals surface area contributed by atoms with Crippen LogP contribution in [-0.2, 0) is 10.2 Å². The Bertz CT molecular complexity index is 771. The quantitative estimate of drug-likeness (QED) is 0.736. The van der Waals surface area contributed by atoms with Crippen molar-refractivity contribution in [2.24, 2.45) is 15.4 Å². The zero-order chi connectivity index (χ0) is 17.0. The van der Waals surface area contributed by atoms with Gasteiger partial charge in [-0.05, 0) is 23.1 Å². The van der Waals surface area contributed by atoms with Crippen LogP contribution in [0.4, 0.5) is 0 Å². The predicted octanol–water partition coefficient (Wildman–Crippen LogP) is 3.48. The molecule has 2 aliphatic rings. The van der Waals surface area contributed by atoms with Gasteiger partial charge in [0.2, 0.25) is 0 Å². The first-order chi connectivity index (χ1) is 10.6. The first-order valence-electron chi connectivity index (χ1n) is 7.97. The van der Waals surface area contributed by atoms with E-state index in [0.29, 0.717) is 0 Å². The molecule has 0 aromatic carbocycles. The Hall–Kier alpha value is -2.10. The van der Waals surface area contributed by atoms with E-state index >= 15 is 0 Å². The largest absolute Gasteiger partial charge is 0.277 e. The van der Waals surface area contributed by atoms with Crippen molar-refractivity contribution in [2.45, 2.75) is 53.0 Å². The van der Waals surface area contributed by atoms with Gasteiger partial charge < -0.3 is 0 Å². The topological polar surface area (TPSA) is 54.7 Å². The smallest absolute Gasteiger partial charge is 0.270 e. The van der Waals surface area contributed by atoms with Crippen molar-refractivity contribution in [1.82, 2.24) is 4.98 Å². The maximum absolute atomic E-state index is 12.1. The molecular formula is C19H23N3O. The van der Waals surface area contributed by atoms with Gasteiger partial charge in [-0.2, -0.15) is 0 Å². The van der Waals surface area contributed by atoms with Gasteiger partial charge >= 0.3 is 0 Å². The standard InChI is InChI=1S/C19H23N3O/c1-18(2,3)12-9-15(23)22-16-11-7-8-14(19(4,5)6)21-13(11)10-20-17(12)16/h7-10,17H,1-6H3. The van der Waals surface area contributed by atoms with E-state index in [9.17, 15) is 4.79 Å². The molecule has 1 aromatic heterocycles. The Kier molecular flexibility index (Phi) is 3.40. The van der Waals surface area contributed by atoms with Crippen LogP contribution in [0.25, 0.3) is 0 Å². The van der Waals surface area contributed by atoms with E-state index in [4.69, 9.17) is 4.98 Å². The molecule has 2 aliphatic heterocycles. The van der Waals surface area contributed by atoms with Crippen LogP contribution in [0.3, 0.4) is 0 Å². The fourth-order valence-corrected chi connectivity index (χ4v) is 2.91. The van der Waals surface area contributed by atoms with E-state index in [1.165, 1.54) is 0 Å². The summed E-state index contributed by atoms with van der Waals surface area (Å²) in [6.07, 6.45) is 3.46. The van der Waals surface area contributed by atoms with Crippen LogP contribution in [-0.4, -0.2) is 28.9 Å². The molecule has 120 valence electrons. The van der Waals surface area contributed by atoms with Gasteiger partial charge in [-0.1, -0.05) is 41.5 Å². The highest BCUT2D eigenvalue weighted by Crippen LogP contribution is 2.35. The fraction of sp³-hybridized carbons (Fsp3) is 0.474. The number of fused-ring (bicyclic) bond motifs is 3. The third kappa shape index (κ3) is 2.78. The number of aromatic nitrogens is 1. The molecule has 0 N–H and O–H groups in total. The van der Waals surface area contributed by atoms with Gasteiger partial charge in [0.25, 0.3) is 5.91 Å². The zero-order valence-electron chi connectivity index (χ0n) is 14.6. The van der Waals surface area contributed by atoms with Crippen molar-refractivity contribution in [2.75, 3.05) is 0 Å². The number of hydrogen-bond donors (Lipinski definition) is 0. The molecule has 4 nitrogen and oxygen atoms in total. The lowest BCUT2D eigenvalue weighted by Gasteiger charge is -2.33. The minimum absolute atomic E-state index is 0.0274. The molecule has 3 heterocycles. The molecule has 0 bridgehead atoms. The van der Waals surface area contributed by atoms with Crippen LogP contribution in [0.5, 0.6) is 0 Å². The van der Waals surface area contributed by atoms with Crippen LogP contribution in [0.1, 0.15) is 58.5 Å². The minimum Gasteiger partial charge on any atom is -0.277 e. The number of nitrogens with zero attached hydrogens (tertiary/aromatic N) is 3. The molecule has 0 saturated carbocycles. The molecule has 1 atom stereocenters. The minimum atomic E-state index is -0.205. The summed E-state index contributed by atoms with van der Waals surface area (Å²) in [4.78, 5) is 25.7. The summed E-state index contributed by atoms with van der Waals surface area (Å²) in [5.74, 6) is -0.205. The van der Waals surface area contributed by atoms with Crippen molar-refractivity contribution in [3.63, 3.8) is 0 Å². The van der Waals surface area contributed by atoms with Crippen molar-refractivity contribution >= 4 is 17.8 Å². The second-order valence-electron chi connectivity index (χ2n) is 8.24. The first-order valence-corrected chi connectivity index (χ1v) is 7.97. The number of carbonyl (C=O) groups is 1. The lowest BCUT2D eigenvalue weighted by molar-refractivity contribution is -0.113. The van der Waals surface area contributed by atoms with E-state index in [0.717, 1.165) is 28.2 Å². The number of pyridine rings is 1. The molecular weight excluding hydrogens is 286 g/mol. The lowest BCUT2D eigenvalue weighted by Crippen LogP contribution is -2.36. The highest BCUT2D eigenvalue weighted by molar-refractivity contribution is 6.20. The molecule has 0 spiro atoms. The molecule has 4 heteroatoms. The number of carbonyl (C=O) groups excluding carboxylic acids is 1. The van der Waals surface area contributed by atoms with E-state index < -0.39 is 0 Å². The molecule has 0 radical (unpaired) electrons. The summed E-state index contributed by atoms with van der Waals surface area (Å²) in [6, 6.07) is 3.87. The number of aliphatic imine (C=N–C) groups is 2. The molecule has 1 unspecified atom stereocenters. The third-order valence-corrected chi connectivity index (χ3v) is 4.24. The van der Waals surface area contributed by atoms with Gasteiger partial charge in [0, 0.05) is 29.0 Å². The van der Waals surface area contributed by atoms with E-state index in [2.05, 4.69) is 51.5 Å². The maximum Gasteiger partial charge on any atom is 0.270 e. The summed E-state index contributed by atoms with van der Waals surface area (Å²) in [6.45, 7) is 12.7. The van der Waals surface area contributed by atoms with Crippen LogP contribution >= 0.6 is 0 Å². The van der Waals surface area contributed by atoms with Crippen LogP contribution in [0.2, 0.25) is 0 Å². The average molecular weight is 309 g/mol. The van der Waals surface area contributed by atoms with Gasteiger partial charge in [0.15, 0.2) is 0 Å². The summed E-state index contributed by atoms with van der Waals surface area (Å²) in [5.41, 5.74) is 4.31. The van der Waals surface area contributed by atoms with Crippen molar-refractivity contribution in [3.8, 4) is 0 Å². The van der Waals surface area contributed by atoms with Gasteiger partial charge in [-0.25, -0.2) is 4.99 Å². The number of hydrogen-bond acceptors (Lipinski definition) is 3. The second-order valence-corrected chi connectivity index (χ2v) is 8.24. The third-order valence-electron chi connectivity index (χ3n) is 4.24. The van der Waals surface area contributed by atoms with Crippen molar-refractivity contribution in [3.05, 3.63) is 40.7 Å². The Morgan fingerprint density at radius 2 is 1.70 bits per heavy atom. The summed E-state index contributed by atoms with van der Waals surface area (Å²) >= 11 is 0. The summed E-state index contributed by atoms with van der Waals surface area (Å²) in [5, 5.41) is 0. The van der Waals surface area contributed by atoms with Gasteiger partial charge in [-0.15, -0.1) is 0 Å². The Morgan fingerprint density at radius 1 is 1.00 bits per heavy atom. The average Bonchev–Trinajstić information content (AvgIpc) is 2.43. The van der Waals surface area contributed by atoms with Crippen molar-refractivity contribution < 1.29 is 4.79 Å². The zero-order valence-corrected chi connectivity index (χ0v) is 14.6. The SMILES string of the molecule is CC(C)(C)C1=CC(=O)N=C2c3ccc(C(C)(C)C)nc3C=NC12. The lowest BCUT2D eigenvalue weighted by atomic mass is 9.77. The summed E-state index contributed by atoms with van der Waals surface area (Å²) in [7, 11) is 0. The highest BCUT2D eigenvalue weighted by atomic mass is 16.1. The van der Waals surface area contributed by atoms with Gasteiger partial charge in [-0.3, -0.25) is 14.8 Å². The molecule has 0 saturated heterocycles. The molecule has 1 amide bonds. The Labute approximate surface area is 137 Å². The number of dihydropyridines is 1. The monoisotopic (exact) mass is 309 g/mol. The van der Waals surface area contributed by atoms with Crippen molar-refractivity contribution in [1.29, 1.82) is 0 Å². The Balaban J connectivity index is 2.12. The number of rotatable bonds is 0. The Morgan fingerprint density at radius 3 is 2.30 bits per heavy atom. The fourth-order valence-electron chi connectivity index (χ4n) is 2.91. The molecule has 0 fully saturated rings. The highest BCUT2D eigenvalue weighted by Gasteiger charge is 2.36. The van der Waals surface area contributed by atoms with E-state index in [1.807, 2.05) is 18.3 Å².